The van der Waals surface area contributed by atoms with Gasteiger partial charge in [0.2, 0.25) is 5.95 Å². The third-order valence-corrected chi connectivity index (χ3v) is 2.13. The number of nitrogens with one attached hydrogen (secondary N) is 1. The van der Waals surface area contributed by atoms with Crippen LogP contribution in [0, 0.1) is 0 Å². The van der Waals surface area contributed by atoms with Crippen LogP contribution >= 0.6 is 12.2 Å². The summed E-state index contributed by atoms with van der Waals surface area (Å²) < 4.78 is 5.21. The Balaban J connectivity index is 2.54. The average Bonchev–Trinajstić information content (AvgIpc) is 2.27. The molecule has 1 aromatic carbocycles. The first-order chi connectivity index (χ1) is 7.70. The molecule has 0 saturated carbocycles. The number of rotatable bonds is 2. The molecule has 0 aliphatic carbocycles. The number of nitrogens with zero attached hydrogens (tertiary/aromatic N) is 2. The van der Waals surface area contributed by atoms with Crippen LogP contribution in [0.2, 0.25) is 0 Å². The molecule has 0 aliphatic heterocycles. The summed E-state index contributed by atoms with van der Waals surface area (Å²) in [7, 11) is 1.59. The summed E-state index contributed by atoms with van der Waals surface area (Å²) in [5.41, 5.74) is 6.07. The third-order valence-electron chi connectivity index (χ3n) is 2.03. The SMILES string of the molecule is COc1cccc2cnc(NC(N)=S)nc12. The second kappa shape index (κ2) is 4.28. The van der Waals surface area contributed by atoms with Gasteiger partial charge in [0.15, 0.2) is 5.11 Å². The minimum Gasteiger partial charge on any atom is -0.494 e. The first kappa shape index (κ1) is 10.6. The number of fused-ring (bicyclic) bond motifs is 1. The lowest BCUT2D eigenvalue weighted by molar-refractivity contribution is 0.419. The topological polar surface area (TPSA) is 73.1 Å². The van der Waals surface area contributed by atoms with Gasteiger partial charge in [0, 0.05) is 11.6 Å². The van der Waals surface area contributed by atoms with E-state index in [-0.39, 0.29) is 5.11 Å². The van der Waals surface area contributed by atoms with Crippen molar-refractivity contribution >= 4 is 34.2 Å². The van der Waals surface area contributed by atoms with E-state index in [0.29, 0.717) is 11.7 Å². The Kier molecular flexibility index (Phi) is 2.82. The molecule has 3 N–H and O–H groups in total. The largest absolute Gasteiger partial charge is 0.494 e. The molecule has 0 amide bonds. The van der Waals surface area contributed by atoms with Gasteiger partial charge in [-0.2, -0.15) is 0 Å². The maximum Gasteiger partial charge on any atom is 0.229 e. The molecule has 2 rings (SSSR count). The zero-order valence-corrected chi connectivity index (χ0v) is 9.41. The second-order valence-electron chi connectivity index (χ2n) is 3.08. The molecule has 2 aromatic rings. The van der Waals surface area contributed by atoms with Crippen molar-refractivity contribution in [2.75, 3.05) is 12.4 Å². The van der Waals surface area contributed by atoms with Crippen LogP contribution in [0.5, 0.6) is 5.75 Å². The lowest BCUT2D eigenvalue weighted by Crippen LogP contribution is -2.20. The fourth-order valence-electron chi connectivity index (χ4n) is 1.36. The van der Waals surface area contributed by atoms with E-state index in [1.165, 1.54) is 0 Å². The van der Waals surface area contributed by atoms with Gasteiger partial charge in [0.25, 0.3) is 0 Å². The Hall–Kier alpha value is -1.95. The number of benzene rings is 1. The van der Waals surface area contributed by atoms with Crippen LogP contribution in [0.1, 0.15) is 0 Å². The minimum absolute atomic E-state index is 0.134. The van der Waals surface area contributed by atoms with Crippen LogP contribution in [0.25, 0.3) is 10.9 Å². The molecule has 6 heteroatoms. The van der Waals surface area contributed by atoms with Crippen LogP contribution in [0.4, 0.5) is 5.95 Å². The normalized spacial score (nSPS) is 10.1. The van der Waals surface area contributed by atoms with E-state index in [9.17, 15) is 0 Å². The van der Waals surface area contributed by atoms with E-state index in [0.717, 1.165) is 10.9 Å². The first-order valence-electron chi connectivity index (χ1n) is 4.57. The number of nitrogens with two attached hydrogens (primary N) is 1. The molecular weight excluding hydrogens is 224 g/mol. The summed E-state index contributed by atoms with van der Waals surface area (Å²) in [6.45, 7) is 0. The number of aromatic nitrogens is 2. The molecule has 0 radical (unpaired) electrons. The van der Waals surface area contributed by atoms with Crippen molar-refractivity contribution in [1.82, 2.24) is 9.97 Å². The zero-order chi connectivity index (χ0) is 11.5. The Morgan fingerprint density at radius 3 is 3.00 bits per heavy atom. The fourth-order valence-corrected chi connectivity index (χ4v) is 1.46. The van der Waals surface area contributed by atoms with Crippen LogP contribution < -0.4 is 15.8 Å². The molecule has 5 nitrogen and oxygen atoms in total. The standard InChI is InChI=1S/C10H10N4OS/c1-15-7-4-2-3-6-5-12-10(13-8(6)7)14-9(11)16/h2-5H,1H3,(H3,11,12,13,14,16). The van der Waals surface area contributed by atoms with Crippen LogP contribution in [0.3, 0.4) is 0 Å². The van der Waals surface area contributed by atoms with Crippen molar-refractivity contribution in [1.29, 1.82) is 0 Å². The number of hydrogen-bond donors (Lipinski definition) is 2. The van der Waals surface area contributed by atoms with Gasteiger partial charge in [-0.3, -0.25) is 0 Å². The molecule has 16 heavy (non-hydrogen) atoms. The Bertz CT molecular complexity index is 543. The van der Waals surface area contributed by atoms with Gasteiger partial charge >= 0.3 is 0 Å². The van der Waals surface area contributed by atoms with Gasteiger partial charge in [-0.05, 0) is 18.3 Å². The van der Waals surface area contributed by atoms with Gasteiger partial charge in [-0.15, -0.1) is 0 Å². The third kappa shape index (κ3) is 2.01. The maximum absolute atomic E-state index is 5.35. The highest BCUT2D eigenvalue weighted by molar-refractivity contribution is 7.80. The molecule has 1 aromatic heterocycles. The molecule has 0 spiro atoms. The summed E-state index contributed by atoms with van der Waals surface area (Å²) >= 11 is 4.72. The number of hydrogen-bond acceptors (Lipinski definition) is 4. The molecule has 1 heterocycles. The molecule has 0 unspecified atom stereocenters. The van der Waals surface area contributed by atoms with Crippen molar-refractivity contribution in [3.8, 4) is 5.75 Å². The van der Waals surface area contributed by atoms with Crippen molar-refractivity contribution < 1.29 is 4.74 Å². The molecular formula is C10H10N4OS. The van der Waals surface area contributed by atoms with Crippen LogP contribution in [-0.2, 0) is 0 Å². The van der Waals surface area contributed by atoms with Gasteiger partial charge in [0.05, 0.1) is 7.11 Å². The molecule has 0 fully saturated rings. The van der Waals surface area contributed by atoms with Gasteiger partial charge in [-0.1, -0.05) is 12.1 Å². The Morgan fingerprint density at radius 1 is 1.50 bits per heavy atom. The zero-order valence-electron chi connectivity index (χ0n) is 8.60. The van der Waals surface area contributed by atoms with Crippen LogP contribution in [-0.4, -0.2) is 22.2 Å². The highest BCUT2D eigenvalue weighted by atomic mass is 32.1. The van der Waals surface area contributed by atoms with E-state index < -0.39 is 0 Å². The highest BCUT2D eigenvalue weighted by Gasteiger charge is 2.05. The van der Waals surface area contributed by atoms with Crippen molar-refractivity contribution in [2.45, 2.75) is 0 Å². The first-order valence-corrected chi connectivity index (χ1v) is 4.98. The van der Waals surface area contributed by atoms with Crippen LogP contribution in [0.15, 0.2) is 24.4 Å². The van der Waals surface area contributed by atoms with Crippen molar-refractivity contribution in [3.05, 3.63) is 24.4 Å². The lowest BCUT2D eigenvalue weighted by atomic mass is 10.2. The number of para-hydroxylation sites is 1. The van der Waals surface area contributed by atoms with Gasteiger partial charge in [-0.25, -0.2) is 9.97 Å². The predicted molar refractivity (Wildman–Crippen MR) is 66.5 cm³/mol. The molecule has 0 aliphatic rings. The second-order valence-corrected chi connectivity index (χ2v) is 3.52. The average molecular weight is 234 g/mol. The van der Waals surface area contributed by atoms with Crippen molar-refractivity contribution in [3.63, 3.8) is 0 Å². The van der Waals surface area contributed by atoms with E-state index in [1.54, 1.807) is 13.3 Å². The Morgan fingerprint density at radius 2 is 2.31 bits per heavy atom. The summed E-state index contributed by atoms with van der Waals surface area (Å²) in [5.74, 6) is 1.05. The van der Waals surface area contributed by atoms with Gasteiger partial charge < -0.3 is 15.8 Å². The number of methoxy groups -OCH3 is 1. The quantitative estimate of drug-likeness (QED) is 0.763. The minimum atomic E-state index is 0.134. The summed E-state index contributed by atoms with van der Waals surface area (Å²) in [6, 6.07) is 5.62. The van der Waals surface area contributed by atoms with E-state index in [1.807, 2.05) is 18.2 Å². The smallest absolute Gasteiger partial charge is 0.229 e. The van der Waals surface area contributed by atoms with Crippen molar-refractivity contribution in [2.24, 2.45) is 5.73 Å². The van der Waals surface area contributed by atoms with E-state index in [4.69, 9.17) is 22.7 Å². The molecule has 0 saturated heterocycles. The Labute approximate surface area is 97.6 Å². The summed E-state index contributed by atoms with van der Waals surface area (Å²) in [4.78, 5) is 8.35. The highest BCUT2D eigenvalue weighted by Crippen LogP contribution is 2.23. The molecule has 82 valence electrons. The van der Waals surface area contributed by atoms with Gasteiger partial charge in [0.1, 0.15) is 11.3 Å². The van der Waals surface area contributed by atoms with E-state index in [2.05, 4.69) is 15.3 Å². The maximum atomic E-state index is 5.35. The fraction of sp³-hybridized carbons (Fsp3) is 0.100. The monoisotopic (exact) mass is 234 g/mol. The molecule has 0 bridgehead atoms. The predicted octanol–water partition coefficient (Wildman–Crippen LogP) is 1.29. The number of ether oxygens (including phenoxy) is 1. The van der Waals surface area contributed by atoms with E-state index >= 15 is 0 Å². The molecule has 0 atom stereocenters. The lowest BCUT2D eigenvalue weighted by Gasteiger charge is -2.06. The number of anilines is 1. The number of thiocarbonyl (C=S) groups is 1. The summed E-state index contributed by atoms with van der Waals surface area (Å²) in [5, 5.41) is 3.71. The summed E-state index contributed by atoms with van der Waals surface area (Å²) in [6.07, 6.45) is 1.69.